The van der Waals surface area contributed by atoms with Crippen molar-refractivity contribution in [2.75, 3.05) is 6.54 Å². The lowest BCUT2D eigenvalue weighted by Crippen LogP contribution is -2.73. The number of amides is 3. The molecule has 1 aliphatic heterocycles. The summed E-state index contributed by atoms with van der Waals surface area (Å²) >= 11 is 0. The Kier molecular flexibility index (Phi) is 10.8. The lowest BCUT2D eigenvalue weighted by Gasteiger charge is -2.56. The van der Waals surface area contributed by atoms with E-state index in [9.17, 15) is 19.2 Å². The maximum Gasteiger partial charge on any atom is 0.414 e. The molecule has 1 saturated heterocycles. The van der Waals surface area contributed by atoms with E-state index >= 15 is 0 Å². The molecule has 1 fully saturated rings. The molecule has 2 atom stereocenters. The Labute approximate surface area is 242 Å². The molecular weight excluding hydrogens is 540 g/mol. The topological polar surface area (TPSA) is 126 Å². The summed E-state index contributed by atoms with van der Waals surface area (Å²) in [7, 11) is -2.18. The first kappa shape index (κ1) is 31.5. The highest BCUT2D eigenvalue weighted by atomic mass is 28.3. The van der Waals surface area contributed by atoms with Crippen LogP contribution in [-0.4, -0.2) is 55.7 Å². The number of aldehydes is 1. The first-order chi connectivity index (χ1) is 19.4. The quantitative estimate of drug-likeness (QED) is 0.102. The fourth-order valence-corrected chi connectivity index (χ4v) is 6.78. The minimum absolute atomic E-state index is 0.00289. The van der Waals surface area contributed by atoms with E-state index in [2.05, 4.69) is 49.5 Å². The number of nitrogens with one attached hydrogen (secondary N) is 2. The van der Waals surface area contributed by atoms with Gasteiger partial charge in [-0.05, 0) is 29.0 Å². The van der Waals surface area contributed by atoms with Crippen molar-refractivity contribution in [3.8, 4) is 0 Å². The van der Waals surface area contributed by atoms with Gasteiger partial charge in [0.25, 0.3) is 0 Å². The molecule has 3 amide bonds. The first-order valence-electron chi connectivity index (χ1n) is 13.7. The van der Waals surface area contributed by atoms with Gasteiger partial charge in [0.1, 0.15) is 19.5 Å². The molecule has 0 aliphatic carbocycles. The number of benzene rings is 2. The fourth-order valence-electron chi connectivity index (χ4n) is 4.35. The third kappa shape index (κ3) is 8.50. The smallest absolute Gasteiger partial charge is 0.414 e. The number of hydrogen-bond donors (Lipinski definition) is 2. The Morgan fingerprint density at radius 2 is 1.41 bits per heavy atom. The van der Waals surface area contributed by atoms with Gasteiger partial charge in [-0.25, -0.2) is 9.59 Å². The zero-order valence-corrected chi connectivity index (χ0v) is 25.4. The van der Waals surface area contributed by atoms with Crippen LogP contribution in [0.1, 0.15) is 44.7 Å². The lowest BCUT2D eigenvalue weighted by molar-refractivity contribution is -0.151. The summed E-state index contributed by atoms with van der Waals surface area (Å²) in [6, 6.07) is 17.9. The molecule has 0 radical (unpaired) electrons. The van der Waals surface area contributed by atoms with Crippen molar-refractivity contribution in [2.24, 2.45) is 10.9 Å². The molecule has 0 aromatic heterocycles. The van der Waals surface area contributed by atoms with Crippen LogP contribution in [0.3, 0.4) is 0 Å². The Morgan fingerprint density at radius 3 is 1.85 bits per heavy atom. The van der Waals surface area contributed by atoms with E-state index in [1.54, 1.807) is 0 Å². The zero-order valence-electron chi connectivity index (χ0n) is 24.4. The maximum atomic E-state index is 13.0. The first-order valence-corrected chi connectivity index (χ1v) is 16.7. The average Bonchev–Trinajstić information content (AvgIpc) is 2.93. The third-order valence-electron chi connectivity index (χ3n) is 7.65. The number of ether oxygens (including phenoxy) is 2. The van der Waals surface area contributed by atoms with E-state index in [1.165, 1.54) is 0 Å². The van der Waals surface area contributed by atoms with Gasteiger partial charge in [0, 0.05) is 6.54 Å². The van der Waals surface area contributed by atoms with Gasteiger partial charge < -0.3 is 18.8 Å². The van der Waals surface area contributed by atoms with Crippen molar-refractivity contribution in [1.29, 1.82) is 0 Å². The second-order valence-corrected chi connectivity index (χ2v) is 16.6. The van der Waals surface area contributed by atoms with Gasteiger partial charge in [0.15, 0.2) is 8.24 Å². The van der Waals surface area contributed by atoms with Crippen LogP contribution in [0.15, 0.2) is 65.7 Å². The summed E-state index contributed by atoms with van der Waals surface area (Å²) in [6.45, 7) is 10.8. The van der Waals surface area contributed by atoms with Gasteiger partial charge in [-0.15, -0.1) is 0 Å². The molecule has 0 saturated carbocycles. The van der Waals surface area contributed by atoms with E-state index in [0.717, 1.165) is 17.4 Å². The summed E-state index contributed by atoms with van der Waals surface area (Å²) in [4.78, 5) is 54.1. The highest BCUT2D eigenvalue weighted by Gasteiger charge is 2.56. The number of rotatable bonds is 10. The molecular formula is C30H40N4O6Si. The highest BCUT2D eigenvalue weighted by molar-refractivity contribution is 6.80. The molecule has 0 bridgehead atoms. The molecule has 2 aromatic rings. The van der Waals surface area contributed by atoms with Crippen LogP contribution in [0.25, 0.3) is 0 Å². The Bertz CT molecular complexity index is 1170. The Morgan fingerprint density at radius 1 is 0.927 bits per heavy atom. The number of alkyl carbamates (subject to hydrolysis) is 2. The van der Waals surface area contributed by atoms with Crippen molar-refractivity contribution < 1.29 is 28.7 Å². The summed E-state index contributed by atoms with van der Waals surface area (Å²) in [6.07, 6.45) is 0.209. The Balaban J connectivity index is 1.58. The van der Waals surface area contributed by atoms with Gasteiger partial charge in [-0.2, -0.15) is 0 Å². The average molecular weight is 581 g/mol. The van der Waals surface area contributed by atoms with Crippen molar-refractivity contribution in [3.63, 3.8) is 0 Å². The van der Waals surface area contributed by atoms with E-state index in [-0.39, 0.29) is 36.7 Å². The maximum absolute atomic E-state index is 13.0. The van der Waals surface area contributed by atoms with E-state index in [4.69, 9.17) is 9.47 Å². The fraction of sp³-hybridized carbons (Fsp3) is 0.433. The summed E-state index contributed by atoms with van der Waals surface area (Å²) in [5.74, 6) is -0.521. The van der Waals surface area contributed by atoms with Crippen LogP contribution in [0.2, 0.25) is 18.1 Å². The summed E-state index contributed by atoms with van der Waals surface area (Å²) < 4.78 is 12.3. The summed E-state index contributed by atoms with van der Waals surface area (Å²) in [5, 5.41) is 4.84. The number of guanidine groups is 1. The van der Waals surface area contributed by atoms with E-state index in [0.29, 0.717) is 12.8 Å². The molecule has 1 aliphatic rings. The van der Waals surface area contributed by atoms with Gasteiger partial charge in [-0.3, -0.25) is 20.4 Å². The molecule has 220 valence electrons. The van der Waals surface area contributed by atoms with Crippen LogP contribution < -0.4 is 10.6 Å². The van der Waals surface area contributed by atoms with Gasteiger partial charge in [0.05, 0.1) is 12.0 Å². The Hall–Kier alpha value is -3.99. The van der Waals surface area contributed by atoms with Crippen LogP contribution in [0.4, 0.5) is 9.59 Å². The molecule has 2 N–H and O–H groups in total. The minimum atomic E-state index is -2.18. The highest BCUT2D eigenvalue weighted by Crippen LogP contribution is 2.45. The SMILES string of the molecule is CC(C)(C)[Si](C)(C)N1C(=O)[C@H](CCCN=C(NC(=O)OCc2ccccc2)NC(=O)OCc2ccccc2)[C@@H]1C=O. The molecule has 2 aromatic carbocycles. The number of nitrogens with zero attached hydrogens (tertiary/aromatic N) is 2. The van der Waals surface area contributed by atoms with Gasteiger partial charge in [-0.1, -0.05) is 94.5 Å². The minimum Gasteiger partial charge on any atom is -0.444 e. The lowest BCUT2D eigenvalue weighted by atomic mass is 9.87. The van der Waals surface area contributed by atoms with Crippen molar-refractivity contribution in [1.82, 2.24) is 15.2 Å². The summed E-state index contributed by atoms with van der Waals surface area (Å²) in [5.41, 5.74) is 1.61. The number of carbonyl (C=O) groups excluding carboxylic acids is 4. The molecule has 3 rings (SSSR count). The van der Waals surface area contributed by atoms with Gasteiger partial charge >= 0.3 is 12.2 Å². The van der Waals surface area contributed by atoms with Crippen LogP contribution >= 0.6 is 0 Å². The van der Waals surface area contributed by atoms with Crippen molar-refractivity contribution in [3.05, 3.63) is 71.8 Å². The zero-order chi connectivity index (χ0) is 30.0. The predicted molar refractivity (Wildman–Crippen MR) is 158 cm³/mol. The normalized spacial score (nSPS) is 16.7. The number of carbonyl (C=O) groups is 4. The number of aliphatic imine (C=N–C) groups is 1. The third-order valence-corrected chi connectivity index (χ3v) is 13.0. The largest absolute Gasteiger partial charge is 0.444 e. The van der Waals surface area contributed by atoms with Crippen LogP contribution in [-0.2, 0) is 32.3 Å². The van der Waals surface area contributed by atoms with Crippen LogP contribution in [0, 0.1) is 5.92 Å². The molecule has 10 nitrogen and oxygen atoms in total. The molecule has 0 unspecified atom stereocenters. The van der Waals surface area contributed by atoms with Crippen molar-refractivity contribution in [2.45, 2.75) is 71.0 Å². The van der Waals surface area contributed by atoms with E-state index in [1.807, 2.05) is 65.2 Å². The molecule has 41 heavy (non-hydrogen) atoms. The standard InChI is InChI=1S/C30H40N4O6Si/c1-30(2,3)41(4,5)34-25(19-35)24(26(34)36)17-12-18-31-27(32-28(37)39-20-22-13-8-6-9-14-22)33-29(38)40-21-23-15-10-7-11-16-23/h6-11,13-16,19,24-25H,12,17-18,20-21H2,1-5H3,(H2,31,32,33,37,38)/t24-,25+/m1/s1. The second-order valence-electron chi connectivity index (χ2n) is 11.5. The molecule has 11 heteroatoms. The molecule has 0 spiro atoms. The predicted octanol–water partition coefficient (Wildman–Crippen LogP) is 5.01. The van der Waals surface area contributed by atoms with E-state index < -0.39 is 32.4 Å². The number of hydrogen-bond acceptors (Lipinski definition) is 7. The second kappa shape index (κ2) is 14.1. The van der Waals surface area contributed by atoms with Crippen molar-refractivity contribution >= 4 is 38.6 Å². The number of β-lactam (4-membered cyclic amide) rings is 1. The van der Waals surface area contributed by atoms with Crippen LogP contribution in [0.5, 0.6) is 0 Å². The van der Waals surface area contributed by atoms with Gasteiger partial charge in [0.2, 0.25) is 11.9 Å². The monoisotopic (exact) mass is 580 g/mol. The molecule has 1 heterocycles.